The van der Waals surface area contributed by atoms with E-state index in [0.717, 1.165) is 24.0 Å². The van der Waals surface area contributed by atoms with Crippen molar-refractivity contribution in [3.8, 4) is 0 Å². The van der Waals surface area contributed by atoms with E-state index in [1.807, 2.05) is 37.3 Å². The average Bonchev–Trinajstić information content (AvgIpc) is 3.37. The van der Waals surface area contributed by atoms with Crippen molar-refractivity contribution in [1.82, 2.24) is 10.6 Å². The molecule has 0 aromatic heterocycles. The first kappa shape index (κ1) is 15.7. The van der Waals surface area contributed by atoms with Crippen LogP contribution in [0.5, 0.6) is 0 Å². The largest absolute Gasteiger partial charge is 0.352 e. The monoisotopic (exact) mass is 312 g/mol. The van der Waals surface area contributed by atoms with Gasteiger partial charge >= 0.3 is 0 Å². The summed E-state index contributed by atoms with van der Waals surface area (Å²) in [6.07, 6.45) is 2.11. The van der Waals surface area contributed by atoms with Crippen molar-refractivity contribution in [2.45, 2.75) is 37.9 Å². The lowest BCUT2D eigenvalue weighted by Crippen LogP contribution is -2.39. The van der Waals surface area contributed by atoms with Crippen LogP contribution in [0.2, 0.25) is 0 Å². The lowest BCUT2D eigenvalue weighted by atomic mass is 10.0. The molecule has 2 atom stereocenters. The number of hydrogen-bond acceptors (Lipinski definition) is 2. The zero-order valence-corrected chi connectivity index (χ0v) is 13.1. The van der Waals surface area contributed by atoms with E-state index in [9.17, 15) is 9.18 Å². The van der Waals surface area contributed by atoms with Gasteiger partial charge in [0.15, 0.2) is 0 Å². The summed E-state index contributed by atoms with van der Waals surface area (Å²) in [5, 5.41) is 6.42. The van der Waals surface area contributed by atoms with Gasteiger partial charge in [0.2, 0.25) is 5.91 Å². The Morgan fingerprint density at radius 2 is 1.70 bits per heavy atom. The molecule has 0 aliphatic heterocycles. The lowest BCUT2D eigenvalue weighted by Gasteiger charge is -2.23. The fourth-order valence-electron chi connectivity index (χ4n) is 2.58. The second-order valence-corrected chi connectivity index (χ2v) is 6.07. The highest BCUT2D eigenvalue weighted by Crippen LogP contribution is 2.23. The fourth-order valence-corrected chi connectivity index (χ4v) is 2.58. The molecule has 3 nitrogen and oxygen atoms in total. The molecule has 0 radical (unpaired) electrons. The first-order valence-corrected chi connectivity index (χ1v) is 8.00. The highest BCUT2D eigenvalue weighted by molar-refractivity contribution is 5.83. The van der Waals surface area contributed by atoms with E-state index in [-0.39, 0.29) is 17.8 Å². The number of nitrogens with one attached hydrogen (secondary N) is 2. The van der Waals surface area contributed by atoms with Gasteiger partial charge < -0.3 is 5.32 Å². The molecule has 4 heteroatoms. The summed E-state index contributed by atoms with van der Waals surface area (Å²) in [5.74, 6) is -0.264. The first-order chi connectivity index (χ1) is 11.1. The molecule has 2 N–H and O–H groups in total. The van der Waals surface area contributed by atoms with E-state index in [4.69, 9.17) is 0 Å². The summed E-state index contributed by atoms with van der Waals surface area (Å²) in [5.41, 5.74) is 1.88. The number of halogens is 1. The molecule has 2 aromatic carbocycles. The van der Waals surface area contributed by atoms with E-state index in [1.54, 1.807) is 12.1 Å². The van der Waals surface area contributed by atoms with Crippen LogP contribution in [0.3, 0.4) is 0 Å². The van der Waals surface area contributed by atoms with Crippen LogP contribution in [0.15, 0.2) is 54.6 Å². The second kappa shape index (κ2) is 6.92. The molecule has 23 heavy (non-hydrogen) atoms. The van der Waals surface area contributed by atoms with Gasteiger partial charge in [0.25, 0.3) is 0 Å². The van der Waals surface area contributed by atoms with Crippen molar-refractivity contribution in [1.29, 1.82) is 0 Å². The topological polar surface area (TPSA) is 41.1 Å². The quantitative estimate of drug-likeness (QED) is 0.857. The molecule has 2 aromatic rings. The Morgan fingerprint density at radius 1 is 1.04 bits per heavy atom. The second-order valence-electron chi connectivity index (χ2n) is 6.07. The maximum atomic E-state index is 13.1. The van der Waals surface area contributed by atoms with Crippen LogP contribution in [-0.2, 0) is 4.79 Å². The molecule has 1 saturated carbocycles. The number of carbonyl (C=O) groups is 1. The van der Waals surface area contributed by atoms with Crippen molar-refractivity contribution in [2.75, 3.05) is 0 Å². The van der Waals surface area contributed by atoms with Crippen molar-refractivity contribution in [2.24, 2.45) is 0 Å². The molecule has 0 heterocycles. The Bertz CT molecular complexity index is 653. The highest BCUT2D eigenvalue weighted by Gasteiger charge is 2.29. The van der Waals surface area contributed by atoms with Crippen LogP contribution in [0.25, 0.3) is 0 Å². The van der Waals surface area contributed by atoms with Crippen LogP contribution in [0.1, 0.15) is 43.0 Å². The average molecular weight is 312 g/mol. The van der Waals surface area contributed by atoms with E-state index in [1.165, 1.54) is 12.1 Å². The Kier molecular flexibility index (Phi) is 4.72. The minimum absolute atomic E-state index is 0.00679. The summed E-state index contributed by atoms with van der Waals surface area (Å²) >= 11 is 0. The Balaban J connectivity index is 1.77. The maximum absolute atomic E-state index is 13.1. The zero-order valence-electron chi connectivity index (χ0n) is 13.1. The van der Waals surface area contributed by atoms with Gasteiger partial charge in [0, 0.05) is 12.1 Å². The smallest absolute Gasteiger partial charge is 0.241 e. The molecule has 3 rings (SSSR count). The Hall–Kier alpha value is -2.20. The number of rotatable bonds is 6. The number of carbonyl (C=O) groups excluding carboxylic acids is 1. The van der Waals surface area contributed by atoms with Gasteiger partial charge in [-0.05, 0) is 43.0 Å². The molecule has 1 aliphatic carbocycles. The minimum atomic E-state index is -0.420. The third-order valence-corrected chi connectivity index (χ3v) is 4.11. The van der Waals surface area contributed by atoms with Gasteiger partial charge in [-0.3, -0.25) is 10.1 Å². The van der Waals surface area contributed by atoms with Crippen LogP contribution >= 0.6 is 0 Å². The number of hydrogen-bond donors (Lipinski definition) is 2. The summed E-state index contributed by atoms with van der Waals surface area (Å²) in [6.45, 7) is 1.98. The van der Waals surface area contributed by atoms with Gasteiger partial charge in [-0.1, -0.05) is 42.5 Å². The third-order valence-electron chi connectivity index (χ3n) is 4.11. The molecule has 0 saturated heterocycles. The van der Waals surface area contributed by atoms with Gasteiger partial charge in [-0.15, -0.1) is 0 Å². The minimum Gasteiger partial charge on any atom is -0.352 e. The normalized spacial score (nSPS) is 16.6. The SMILES string of the molecule is C[C@H](N[C@H](C(=O)NC1CC1)c1ccccc1)c1ccc(F)cc1. The van der Waals surface area contributed by atoms with E-state index < -0.39 is 6.04 Å². The summed E-state index contributed by atoms with van der Waals surface area (Å²) in [7, 11) is 0. The summed E-state index contributed by atoms with van der Waals surface area (Å²) in [4.78, 5) is 12.6. The Labute approximate surface area is 135 Å². The molecule has 1 fully saturated rings. The van der Waals surface area contributed by atoms with Crippen molar-refractivity contribution in [3.05, 3.63) is 71.5 Å². The predicted octanol–water partition coefficient (Wildman–Crippen LogP) is 3.50. The molecule has 1 aliphatic rings. The molecule has 120 valence electrons. The Morgan fingerprint density at radius 3 is 2.30 bits per heavy atom. The van der Waals surface area contributed by atoms with Crippen LogP contribution in [0, 0.1) is 5.82 Å². The van der Waals surface area contributed by atoms with Gasteiger partial charge in [0.05, 0.1) is 0 Å². The zero-order chi connectivity index (χ0) is 16.2. The van der Waals surface area contributed by atoms with Crippen molar-refractivity contribution in [3.63, 3.8) is 0 Å². The van der Waals surface area contributed by atoms with Crippen LogP contribution < -0.4 is 10.6 Å². The van der Waals surface area contributed by atoms with E-state index in [2.05, 4.69) is 10.6 Å². The first-order valence-electron chi connectivity index (χ1n) is 8.00. The predicted molar refractivity (Wildman–Crippen MR) is 88.3 cm³/mol. The van der Waals surface area contributed by atoms with E-state index in [0.29, 0.717) is 6.04 Å². The molecule has 0 spiro atoms. The fraction of sp³-hybridized carbons (Fsp3) is 0.316. The highest BCUT2D eigenvalue weighted by atomic mass is 19.1. The third kappa shape index (κ3) is 4.17. The van der Waals surface area contributed by atoms with Crippen LogP contribution in [0.4, 0.5) is 4.39 Å². The number of benzene rings is 2. The van der Waals surface area contributed by atoms with Crippen molar-refractivity contribution >= 4 is 5.91 Å². The lowest BCUT2D eigenvalue weighted by molar-refractivity contribution is -0.123. The molecule has 0 bridgehead atoms. The van der Waals surface area contributed by atoms with Gasteiger partial charge in [-0.2, -0.15) is 0 Å². The molecule has 0 unspecified atom stereocenters. The molecular weight excluding hydrogens is 291 g/mol. The summed E-state index contributed by atoms with van der Waals surface area (Å²) < 4.78 is 13.1. The number of amides is 1. The van der Waals surface area contributed by atoms with Gasteiger partial charge in [0.1, 0.15) is 11.9 Å². The van der Waals surface area contributed by atoms with E-state index >= 15 is 0 Å². The summed E-state index contributed by atoms with van der Waals surface area (Å²) in [6, 6.07) is 15.9. The molecule has 1 amide bonds. The maximum Gasteiger partial charge on any atom is 0.241 e. The van der Waals surface area contributed by atoms with Gasteiger partial charge in [-0.25, -0.2) is 4.39 Å². The van der Waals surface area contributed by atoms with Crippen LogP contribution in [-0.4, -0.2) is 11.9 Å². The standard InChI is InChI=1S/C19H21FN2O/c1-13(14-7-9-16(20)10-8-14)21-18(15-5-3-2-4-6-15)19(23)22-17-11-12-17/h2-10,13,17-18,21H,11-12H2,1H3,(H,22,23)/t13-,18-/m0/s1. The molecular formula is C19H21FN2O. The van der Waals surface area contributed by atoms with Crippen molar-refractivity contribution < 1.29 is 9.18 Å².